The lowest BCUT2D eigenvalue weighted by Crippen LogP contribution is -2.00. The molecular formula is C18H18N2. The molecule has 2 nitrogen and oxygen atoms in total. The molecule has 0 atom stereocenters. The summed E-state index contributed by atoms with van der Waals surface area (Å²) in [6, 6.07) is 20.9. The lowest BCUT2D eigenvalue weighted by Gasteiger charge is -2.13. The summed E-state index contributed by atoms with van der Waals surface area (Å²) in [4.78, 5) is 0. The van der Waals surface area contributed by atoms with Crippen LogP contribution in [0.1, 0.15) is 11.3 Å². The summed E-state index contributed by atoms with van der Waals surface area (Å²) in [5.74, 6) is 0. The monoisotopic (exact) mass is 262 g/mol. The molecule has 0 fully saturated rings. The van der Waals surface area contributed by atoms with Gasteiger partial charge in [-0.15, -0.1) is 0 Å². The Hall–Kier alpha value is -2.48. The van der Waals surface area contributed by atoms with Gasteiger partial charge in [0.05, 0.1) is 5.69 Å². The van der Waals surface area contributed by atoms with Crippen molar-refractivity contribution in [3.63, 3.8) is 0 Å². The van der Waals surface area contributed by atoms with Crippen molar-refractivity contribution >= 4 is 5.69 Å². The first-order valence-corrected chi connectivity index (χ1v) is 6.77. The highest BCUT2D eigenvalue weighted by atomic mass is 15.0. The van der Waals surface area contributed by atoms with Crippen LogP contribution < -0.4 is 5.73 Å². The Bertz CT molecular complexity index is 739. The van der Waals surface area contributed by atoms with Crippen molar-refractivity contribution in [2.24, 2.45) is 0 Å². The molecule has 2 heteroatoms. The van der Waals surface area contributed by atoms with Crippen molar-refractivity contribution in [1.29, 1.82) is 0 Å². The van der Waals surface area contributed by atoms with Crippen LogP contribution in [0, 0.1) is 13.8 Å². The molecule has 2 N–H and O–H groups in total. The van der Waals surface area contributed by atoms with E-state index < -0.39 is 0 Å². The van der Waals surface area contributed by atoms with E-state index in [1.54, 1.807) is 0 Å². The number of hydrogen-bond acceptors (Lipinski definition) is 1. The second-order valence-corrected chi connectivity index (χ2v) is 5.10. The van der Waals surface area contributed by atoms with Crippen LogP contribution in [0.5, 0.6) is 0 Å². The first-order valence-electron chi connectivity index (χ1n) is 6.77. The van der Waals surface area contributed by atoms with Gasteiger partial charge in [-0.1, -0.05) is 36.4 Å². The quantitative estimate of drug-likeness (QED) is 0.684. The van der Waals surface area contributed by atoms with Gasteiger partial charge in [0.1, 0.15) is 0 Å². The molecule has 0 unspecified atom stereocenters. The van der Waals surface area contributed by atoms with E-state index in [0.717, 1.165) is 16.9 Å². The van der Waals surface area contributed by atoms with Crippen LogP contribution in [0.3, 0.4) is 0 Å². The van der Waals surface area contributed by atoms with Crippen LogP contribution in [0.2, 0.25) is 0 Å². The normalized spacial score (nSPS) is 10.7. The zero-order valence-corrected chi connectivity index (χ0v) is 11.8. The standard InChI is InChI=1S/C18H18N2/c1-13-8-10-16(12-17(13)19)20-14(2)9-11-18(20)15-6-4-3-5-7-15/h3-12H,19H2,1-2H3. The molecule has 3 rings (SSSR count). The Morgan fingerprint density at radius 3 is 2.30 bits per heavy atom. The van der Waals surface area contributed by atoms with Gasteiger partial charge in [0.25, 0.3) is 0 Å². The number of aryl methyl sites for hydroxylation is 2. The molecule has 1 heterocycles. The molecular weight excluding hydrogens is 244 g/mol. The number of anilines is 1. The number of rotatable bonds is 2. The molecule has 3 aromatic rings. The molecule has 100 valence electrons. The summed E-state index contributed by atoms with van der Waals surface area (Å²) in [5, 5.41) is 0. The van der Waals surface area contributed by atoms with E-state index in [1.165, 1.54) is 17.0 Å². The van der Waals surface area contributed by atoms with Crippen LogP contribution in [-0.4, -0.2) is 4.57 Å². The summed E-state index contributed by atoms with van der Waals surface area (Å²) < 4.78 is 2.24. The molecule has 20 heavy (non-hydrogen) atoms. The van der Waals surface area contributed by atoms with Gasteiger partial charge in [0.2, 0.25) is 0 Å². The van der Waals surface area contributed by atoms with E-state index in [-0.39, 0.29) is 0 Å². The number of aromatic nitrogens is 1. The third-order valence-corrected chi connectivity index (χ3v) is 3.67. The third-order valence-electron chi connectivity index (χ3n) is 3.67. The van der Waals surface area contributed by atoms with Crippen LogP contribution in [-0.2, 0) is 0 Å². The van der Waals surface area contributed by atoms with Crippen LogP contribution in [0.15, 0.2) is 60.7 Å². The molecule has 2 aromatic carbocycles. The summed E-state index contributed by atoms with van der Waals surface area (Å²) >= 11 is 0. The fourth-order valence-electron chi connectivity index (χ4n) is 2.48. The summed E-state index contributed by atoms with van der Waals surface area (Å²) in [7, 11) is 0. The number of hydrogen-bond donors (Lipinski definition) is 1. The van der Waals surface area contributed by atoms with Gasteiger partial charge >= 0.3 is 0 Å². The minimum atomic E-state index is 0.828. The molecule has 0 aliphatic heterocycles. The Morgan fingerprint density at radius 1 is 0.850 bits per heavy atom. The maximum atomic E-state index is 6.05. The molecule has 1 aromatic heterocycles. The number of nitrogen functional groups attached to an aromatic ring is 1. The smallest absolute Gasteiger partial charge is 0.0531 e. The van der Waals surface area contributed by atoms with Crippen LogP contribution in [0.4, 0.5) is 5.69 Å². The lowest BCUT2D eigenvalue weighted by atomic mass is 10.1. The Labute approximate surface area is 119 Å². The molecule has 0 bridgehead atoms. The SMILES string of the molecule is Cc1ccc(-n2c(C)ccc2-c2ccccc2)cc1N. The highest BCUT2D eigenvalue weighted by molar-refractivity contribution is 5.65. The first kappa shape index (κ1) is 12.5. The molecule has 0 saturated heterocycles. The van der Waals surface area contributed by atoms with Gasteiger partial charge in [-0.3, -0.25) is 0 Å². The van der Waals surface area contributed by atoms with E-state index in [1.807, 2.05) is 19.1 Å². The van der Waals surface area contributed by atoms with Crippen molar-refractivity contribution in [1.82, 2.24) is 4.57 Å². The van der Waals surface area contributed by atoms with E-state index in [4.69, 9.17) is 5.73 Å². The summed E-state index contributed by atoms with van der Waals surface area (Å²) in [6.07, 6.45) is 0. The van der Waals surface area contributed by atoms with Crippen LogP contribution >= 0.6 is 0 Å². The van der Waals surface area contributed by atoms with Gasteiger partial charge in [-0.25, -0.2) is 0 Å². The van der Waals surface area contributed by atoms with Gasteiger partial charge in [-0.2, -0.15) is 0 Å². The Kier molecular flexibility index (Phi) is 3.07. The van der Waals surface area contributed by atoms with Gasteiger partial charge in [0.15, 0.2) is 0 Å². The van der Waals surface area contributed by atoms with Crippen molar-refractivity contribution < 1.29 is 0 Å². The average molecular weight is 262 g/mol. The number of nitrogens with two attached hydrogens (primary N) is 1. The Balaban J connectivity index is 2.19. The zero-order valence-electron chi connectivity index (χ0n) is 11.8. The fourth-order valence-corrected chi connectivity index (χ4v) is 2.48. The summed E-state index contributed by atoms with van der Waals surface area (Å²) in [6.45, 7) is 4.14. The van der Waals surface area contributed by atoms with Crippen LogP contribution in [0.25, 0.3) is 16.9 Å². The van der Waals surface area contributed by atoms with E-state index in [0.29, 0.717) is 0 Å². The number of benzene rings is 2. The van der Waals surface area contributed by atoms with Crippen molar-refractivity contribution in [2.45, 2.75) is 13.8 Å². The minimum absolute atomic E-state index is 0.828. The fraction of sp³-hybridized carbons (Fsp3) is 0.111. The first-order chi connectivity index (χ1) is 9.66. The maximum absolute atomic E-state index is 6.05. The van der Waals surface area contributed by atoms with Gasteiger partial charge in [-0.05, 0) is 49.2 Å². The molecule has 0 aliphatic carbocycles. The molecule has 0 amide bonds. The molecule has 0 aliphatic rings. The minimum Gasteiger partial charge on any atom is -0.398 e. The molecule has 0 radical (unpaired) electrons. The largest absolute Gasteiger partial charge is 0.398 e. The number of nitrogens with zero attached hydrogens (tertiary/aromatic N) is 1. The molecule has 0 spiro atoms. The second kappa shape index (κ2) is 4.89. The van der Waals surface area contributed by atoms with E-state index in [2.05, 4.69) is 60.0 Å². The van der Waals surface area contributed by atoms with Crippen molar-refractivity contribution in [2.75, 3.05) is 5.73 Å². The third kappa shape index (κ3) is 2.10. The van der Waals surface area contributed by atoms with Gasteiger partial charge in [0, 0.05) is 17.1 Å². The topological polar surface area (TPSA) is 30.9 Å². The summed E-state index contributed by atoms with van der Waals surface area (Å²) in [5.41, 5.74) is 12.7. The van der Waals surface area contributed by atoms with Crippen molar-refractivity contribution in [3.8, 4) is 16.9 Å². The lowest BCUT2D eigenvalue weighted by molar-refractivity contribution is 1.02. The van der Waals surface area contributed by atoms with E-state index in [9.17, 15) is 0 Å². The maximum Gasteiger partial charge on any atom is 0.0531 e. The predicted molar refractivity (Wildman–Crippen MR) is 85.1 cm³/mol. The predicted octanol–water partition coefficient (Wildman–Crippen LogP) is 4.34. The highest BCUT2D eigenvalue weighted by Crippen LogP contribution is 2.27. The highest BCUT2D eigenvalue weighted by Gasteiger charge is 2.09. The zero-order chi connectivity index (χ0) is 14.1. The second-order valence-electron chi connectivity index (χ2n) is 5.10. The average Bonchev–Trinajstić information content (AvgIpc) is 2.85. The Morgan fingerprint density at radius 2 is 1.60 bits per heavy atom. The van der Waals surface area contributed by atoms with Crippen molar-refractivity contribution in [3.05, 3.63) is 71.9 Å². The molecule has 0 saturated carbocycles. The van der Waals surface area contributed by atoms with Gasteiger partial charge < -0.3 is 10.3 Å². The van der Waals surface area contributed by atoms with E-state index >= 15 is 0 Å².